The van der Waals surface area contributed by atoms with E-state index >= 15 is 0 Å². The first-order chi connectivity index (χ1) is 10.3. The molecule has 22 heavy (non-hydrogen) atoms. The van der Waals surface area contributed by atoms with Crippen molar-refractivity contribution in [3.63, 3.8) is 0 Å². The normalized spacial score (nSPS) is 29.1. The molecule has 2 aliphatic heterocycles. The first-order valence-electron chi connectivity index (χ1n) is 7.09. The highest BCUT2D eigenvalue weighted by Gasteiger charge is 2.34. The number of carbonyl (C=O) groups is 2. The van der Waals surface area contributed by atoms with Crippen molar-refractivity contribution in [2.45, 2.75) is 24.9 Å². The summed E-state index contributed by atoms with van der Waals surface area (Å²) in [5, 5.41) is 0. The average molecular weight is 352 g/mol. The van der Waals surface area contributed by atoms with Crippen molar-refractivity contribution in [1.29, 1.82) is 0 Å². The molecule has 0 radical (unpaired) electrons. The maximum absolute atomic E-state index is 11.5. The Morgan fingerprint density at radius 1 is 0.773 bits per heavy atom. The first-order valence-corrected chi connectivity index (χ1v) is 10.7. The Labute approximate surface area is 130 Å². The fourth-order valence-corrected chi connectivity index (χ4v) is 6.43. The van der Waals surface area contributed by atoms with Gasteiger partial charge in [-0.3, -0.25) is 9.59 Å². The molecule has 2 amide bonds. The fraction of sp³-hybridized carbons (Fsp3) is 0.833. The van der Waals surface area contributed by atoms with Crippen LogP contribution >= 0.6 is 0 Å². The van der Waals surface area contributed by atoms with Crippen LogP contribution in [-0.2, 0) is 29.3 Å². The van der Waals surface area contributed by atoms with Gasteiger partial charge in [-0.25, -0.2) is 16.8 Å². The number of hydrogen-bond donors (Lipinski definition) is 0. The highest BCUT2D eigenvalue weighted by molar-refractivity contribution is 7.91. The molecule has 0 N–H and O–H groups in total. The molecule has 8 nitrogen and oxygen atoms in total. The van der Waals surface area contributed by atoms with Gasteiger partial charge in [0.15, 0.2) is 19.7 Å². The van der Waals surface area contributed by atoms with Gasteiger partial charge in [0.1, 0.15) is 0 Å². The van der Waals surface area contributed by atoms with Crippen LogP contribution in [0.5, 0.6) is 0 Å². The third-order valence-corrected chi connectivity index (χ3v) is 7.74. The van der Waals surface area contributed by atoms with E-state index in [-0.39, 0.29) is 48.2 Å². The van der Waals surface area contributed by atoms with Gasteiger partial charge >= 0.3 is 0 Å². The minimum absolute atomic E-state index is 0.0510. The summed E-state index contributed by atoms with van der Waals surface area (Å²) in [5.74, 6) is 0.0375. The largest absolute Gasteiger partial charge is 0.339 e. The second-order valence-electron chi connectivity index (χ2n) is 5.80. The standard InChI is InChI=1S/C12H20N2O6S2/c15-9-13(11-1-5-21(17,18)7-11)3-4-14(10-16)12-2-6-22(19,20)8-12/h9-12H,1-8H2/t11-,12-/m0/s1. The number of amides is 2. The summed E-state index contributed by atoms with van der Waals surface area (Å²) >= 11 is 0. The van der Waals surface area contributed by atoms with E-state index in [0.717, 1.165) is 0 Å². The van der Waals surface area contributed by atoms with Crippen LogP contribution in [0.2, 0.25) is 0 Å². The van der Waals surface area contributed by atoms with Crippen LogP contribution in [0.4, 0.5) is 0 Å². The fourth-order valence-electron chi connectivity index (χ4n) is 2.95. The van der Waals surface area contributed by atoms with Gasteiger partial charge in [-0.2, -0.15) is 0 Å². The molecular formula is C12H20N2O6S2. The molecule has 0 aliphatic carbocycles. The Balaban J connectivity index is 1.92. The molecule has 2 heterocycles. The maximum atomic E-state index is 11.5. The van der Waals surface area contributed by atoms with E-state index in [2.05, 4.69) is 0 Å². The number of sulfone groups is 2. The molecule has 2 aliphatic rings. The quantitative estimate of drug-likeness (QED) is 0.504. The van der Waals surface area contributed by atoms with E-state index in [1.165, 1.54) is 9.80 Å². The van der Waals surface area contributed by atoms with Gasteiger partial charge in [0, 0.05) is 25.2 Å². The van der Waals surface area contributed by atoms with Gasteiger partial charge in [0.25, 0.3) is 0 Å². The van der Waals surface area contributed by atoms with Crippen molar-refractivity contribution in [3.05, 3.63) is 0 Å². The van der Waals surface area contributed by atoms with Gasteiger partial charge in [-0.1, -0.05) is 0 Å². The first kappa shape index (κ1) is 17.2. The molecule has 0 bridgehead atoms. The summed E-state index contributed by atoms with van der Waals surface area (Å²) in [6, 6.07) is -0.716. The van der Waals surface area contributed by atoms with Crippen LogP contribution in [0.15, 0.2) is 0 Å². The van der Waals surface area contributed by atoms with Crippen LogP contribution in [0.3, 0.4) is 0 Å². The van der Waals surface area contributed by atoms with Gasteiger partial charge in [-0.15, -0.1) is 0 Å². The molecule has 0 aromatic carbocycles. The minimum Gasteiger partial charge on any atom is -0.339 e. The number of hydrogen-bond acceptors (Lipinski definition) is 6. The molecule has 0 unspecified atom stereocenters. The third kappa shape index (κ3) is 4.19. The number of rotatable bonds is 7. The molecule has 126 valence electrons. The van der Waals surface area contributed by atoms with Crippen molar-refractivity contribution < 1.29 is 26.4 Å². The highest BCUT2D eigenvalue weighted by atomic mass is 32.2. The van der Waals surface area contributed by atoms with Crippen LogP contribution in [0, 0.1) is 0 Å². The summed E-state index contributed by atoms with van der Waals surface area (Å²) in [5.41, 5.74) is 0. The predicted octanol–water partition coefficient (Wildman–Crippen LogP) is -1.72. The van der Waals surface area contributed by atoms with E-state index in [4.69, 9.17) is 0 Å². The summed E-state index contributed by atoms with van der Waals surface area (Å²) in [6.07, 6.45) is 2.00. The molecule has 0 aromatic heterocycles. The topological polar surface area (TPSA) is 109 Å². The smallest absolute Gasteiger partial charge is 0.210 e. The molecule has 10 heteroatoms. The molecule has 2 rings (SSSR count). The molecule has 2 saturated heterocycles. The minimum atomic E-state index is -3.09. The predicted molar refractivity (Wildman–Crippen MR) is 79.7 cm³/mol. The van der Waals surface area contributed by atoms with E-state index in [1.807, 2.05) is 0 Å². The molecule has 2 fully saturated rings. The Bertz CT molecular complexity index is 574. The van der Waals surface area contributed by atoms with Crippen LogP contribution in [-0.4, -0.2) is 87.6 Å². The lowest BCUT2D eigenvalue weighted by molar-refractivity contribution is -0.123. The summed E-state index contributed by atoms with van der Waals surface area (Å²) in [4.78, 5) is 25.1. The van der Waals surface area contributed by atoms with Crippen molar-refractivity contribution in [3.8, 4) is 0 Å². The zero-order chi connectivity index (χ0) is 16.4. The molecule has 0 saturated carbocycles. The van der Waals surface area contributed by atoms with Gasteiger partial charge in [0.05, 0.1) is 23.0 Å². The Morgan fingerprint density at radius 2 is 1.14 bits per heavy atom. The Kier molecular flexibility index (Phi) is 5.10. The second kappa shape index (κ2) is 6.53. The summed E-state index contributed by atoms with van der Waals surface area (Å²) in [6.45, 7) is 0.415. The van der Waals surface area contributed by atoms with Crippen molar-refractivity contribution in [2.75, 3.05) is 36.1 Å². The van der Waals surface area contributed by atoms with Crippen molar-refractivity contribution in [2.24, 2.45) is 0 Å². The maximum Gasteiger partial charge on any atom is 0.210 e. The van der Waals surface area contributed by atoms with E-state index in [1.54, 1.807) is 0 Å². The molecular weight excluding hydrogens is 332 g/mol. The van der Waals surface area contributed by atoms with Crippen LogP contribution < -0.4 is 0 Å². The summed E-state index contributed by atoms with van der Waals surface area (Å²) in [7, 11) is -6.18. The zero-order valence-corrected chi connectivity index (χ0v) is 13.8. The molecule has 0 aromatic rings. The Morgan fingerprint density at radius 3 is 1.36 bits per heavy atom. The van der Waals surface area contributed by atoms with Gasteiger partial charge in [0.2, 0.25) is 12.8 Å². The molecule has 0 spiro atoms. The molecule has 2 atom stereocenters. The van der Waals surface area contributed by atoms with Crippen LogP contribution in [0.1, 0.15) is 12.8 Å². The average Bonchev–Trinajstić information content (AvgIpc) is 2.97. The lowest BCUT2D eigenvalue weighted by Gasteiger charge is -2.29. The third-order valence-electron chi connectivity index (χ3n) is 4.24. The number of nitrogens with zero attached hydrogens (tertiary/aromatic N) is 2. The highest BCUT2D eigenvalue weighted by Crippen LogP contribution is 2.18. The Hall–Kier alpha value is -1.16. The van der Waals surface area contributed by atoms with E-state index in [9.17, 15) is 26.4 Å². The SMILES string of the molecule is O=CN(CCN(C=O)[C@H]1CCS(=O)(=O)C1)[C@H]1CCS(=O)(=O)C1. The van der Waals surface area contributed by atoms with E-state index in [0.29, 0.717) is 25.7 Å². The van der Waals surface area contributed by atoms with Gasteiger partial charge < -0.3 is 9.80 Å². The number of carbonyl (C=O) groups excluding carboxylic acids is 2. The monoisotopic (exact) mass is 352 g/mol. The lowest BCUT2D eigenvalue weighted by Crippen LogP contribution is -2.44. The van der Waals surface area contributed by atoms with E-state index < -0.39 is 19.7 Å². The lowest BCUT2D eigenvalue weighted by atomic mass is 10.2. The second-order valence-corrected chi connectivity index (χ2v) is 10.3. The van der Waals surface area contributed by atoms with Crippen LogP contribution in [0.25, 0.3) is 0 Å². The van der Waals surface area contributed by atoms with Gasteiger partial charge in [-0.05, 0) is 12.8 Å². The van der Waals surface area contributed by atoms with Crippen molar-refractivity contribution in [1.82, 2.24) is 9.80 Å². The summed E-state index contributed by atoms with van der Waals surface area (Å²) < 4.78 is 45.8. The van der Waals surface area contributed by atoms with Crippen molar-refractivity contribution >= 4 is 32.5 Å². The zero-order valence-electron chi connectivity index (χ0n) is 12.1.